The first-order valence-electron chi connectivity index (χ1n) is 6.82. The van der Waals surface area contributed by atoms with Crippen LogP contribution in [-0.2, 0) is 4.79 Å². The number of carbonyl (C=O) groups is 2. The van der Waals surface area contributed by atoms with Gasteiger partial charge in [0.2, 0.25) is 0 Å². The molecule has 0 aliphatic heterocycles. The summed E-state index contributed by atoms with van der Waals surface area (Å²) in [6.45, 7) is 2.52. The number of benzene rings is 1. The molecular formula is C15H21NO4. The zero-order chi connectivity index (χ0) is 15.0. The van der Waals surface area contributed by atoms with Gasteiger partial charge in [0.25, 0.3) is 5.91 Å². The van der Waals surface area contributed by atoms with Crippen molar-refractivity contribution in [1.82, 2.24) is 5.32 Å². The van der Waals surface area contributed by atoms with E-state index in [4.69, 9.17) is 5.11 Å². The van der Waals surface area contributed by atoms with Gasteiger partial charge in [-0.25, -0.2) is 0 Å². The summed E-state index contributed by atoms with van der Waals surface area (Å²) in [6, 6.07) is 6.18. The highest BCUT2D eigenvalue weighted by atomic mass is 16.4. The molecule has 0 saturated carbocycles. The van der Waals surface area contributed by atoms with E-state index in [1.165, 1.54) is 12.1 Å². The molecule has 0 radical (unpaired) electrons. The molecule has 3 N–H and O–H groups in total. The van der Waals surface area contributed by atoms with Crippen molar-refractivity contribution in [2.45, 2.75) is 32.6 Å². The molecule has 110 valence electrons. The Hall–Kier alpha value is -2.04. The van der Waals surface area contributed by atoms with E-state index in [-0.39, 0.29) is 18.1 Å². The highest BCUT2D eigenvalue weighted by molar-refractivity contribution is 5.94. The fourth-order valence-corrected chi connectivity index (χ4v) is 2.02. The van der Waals surface area contributed by atoms with Gasteiger partial charge in [-0.05, 0) is 37.0 Å². The lowest BCUT2D eigenvalue weighted by Crippen LogP contribution is -2.26. The number of phenolic OH excluding ortho intramolecular Hbond substituents is 1. The molecule has 1 rings (SSSR count). The molecule has 0 bridgehead atoms. The number of rotatable bonds is 8. The largest absolute Gasteiger partial charge is 0.508 e. The van der Waals surface area contributed by atoms with Gasteiger partial charge < -0.3 is 15.5 Å². The molecule has 0 aliphatic rings. The summed E-state index contributed by atoms with van der Waals surface area (Å²) in [4.78, 5) is 22.3. The lowest BCUT2D eigenvalue weighted by Gasteiger charge is -2.14. The van der Waals surface area contributed by atoms with E-state index in [0.717, 1.165) is 12.8 Å². The maximum atomic E-state index is 11.8. The van der Waals surface area contributed by atoms with Crippen molar-refractivity contribution >= 4 is 11.9 Å². The van der Waals surface area contributed by atoms with Crippen LogP contribution in [0.4, 0.5) is 0 Å². The predicted molar refractivity (Wildman–Crippen MR) is 75.7 cm³/mol. The molecule has 1 atom stereocenters. The molecule has 0 aliphatic carbocycles. The summed E-state index contributed by atoms with van der Waals surface area (Å²) >= 11 is 0. The average molecular weight is 279 g/mol. The van der Waals surface area contributed by atoms with Crippen LogP contribution >= 0.6 is 0 Å². The molecule has 5 nitrogen and oxygen atoms in total. The van der Waals surface area contributed by atoms with Crippen LogP contribution in [0, 0.1) is 5.92 Å². The quantitative estimate of drug-likeness (QED) is 0.682. The van der Waals surface area contributed by atoms with Gasteiger partial charge in [0.15, 0.2) is 0 Å². The van der Waals surface area contributed by atoms with Crippen molar-refractivity contribution in [2.24, 2.45) is 5.92 Å². The van der Waals surface area contributed by atoms with E-state index in [0.29, 0.717) is 24.4 Å². The summed E-state index contributed by atoms with van der Waals surface area (Å²) in [5.74, 6) is -0.651. The second kappa shape index (κ2) is 8.19. The number of carbonyl (C=O) groups excluding carboxylic acids is 1. The standard InChI is InChI=1S/C15H21NO4/c1-2-11(6-7-14(18)19)8-9-16-15(20)12-4-3-5-13(17)10-12/h3-5,10-11,17H,2,6-9H2,1H3,(H,16,20)(H,18,19). The monoisotopic (exact) mass is 279 g/mol. The van der Waals surface area contributed by atoms with E-state index in [2.05, 4.69) is 5.32 Å². The van der Waals surface area contributed by atoms with Gasteiger partial charge in [-0.15, -0.1) is 0 Å². The second-order valence-corrected chi connectivity index (χ2v) is 4.80. The summed E-state index contributed by atoms with van der Waals surface area (Å²) in [7, 11) is 0. The summed E-state index contributed by atoms with van der Waals surface area (Å²) < 4.78 is 0. The fraction of sp³-hybridized carbons (Fsp3) is 0.467. The number of amides is 1. The SMILES string of the molecule is CCC(CCNC(=O)c1cccc(O)c1)CCC(=O)O. The first kappa shape index (κ1) is 16.0. The summed E-state index contributed by atoms with van der Waals surface area (Å²) in [5, 5.41) is 20.7. The van der Waals surface area contributed by atoms with Crippen LogP contribution in [0.3, 0.4) is 0 Å². The summed E-state index contributed by atoms with van der Waals surface area (Å²) in [5.41, 5.74) is 0.420. The number of carboxylic acids is 1. The Labute approximate surface area is 118 Å². The van der Waals surface area contributed by atoms with Crippen molar-refractivity contribution in [2.75, 3.05) is 6.54 Å². The fourth-order valence-electron chi connectivity index (χ4n) is 2.02. The van der Waals surface area contributed by atoms with Gasteiger partial charge in [-0.1, -0.05) is 19.4 Å². The zero-order valence-corrected chi connectivity index (χ0v) is 11.6. The first-order chi connectivity index (χ1) is 9.52. The molecule has 1 aromatic rings. The lowest BCUT2D eigenvalue weighted by molar-refractivity contribution is -0.137. The molecule has 20 heavy (non-hydrogen) atoms. The number of hydrogen-bond acceptors (Lipinski definition) is 3. The van der Waals surface area contributed by atoms with Crippen LogP contribution in [0.15, 0.2) is 24.3 Å². The maximum Gasteiger partial charge on any atom is 0.303 e. The Bertz CT molecular complexity index is 459. The molecule has 1 amide bonds. The zero-order valence-electron chi connectivity index (χ0n) is 11.6. The van der Waals surface area contributed by atoms with Gasteiger partial charge in [0.05, 0.1) is 0 Å². The van der Waals surface area contributed by atoms with Gasteiger partial charge in [-0.3, -0.25) is 9.59 Å². The van der Waals surface area contributed by atoms with E-state index >= 15 is 0 Å². The first-order valence-corrected chi connectivity index (χ1v) is 6.82. The molecule has 1 unspecified atom stereocenters. The minimum Gasteiger partial charge on any atom is -0.508 e. The normalized spacial score (nSPS) is 11.8. The average Bonchev–Trinajstić information content (AvgIpc) is 2.42. The van der Waals surface area contributed by atoms with Crippen molar-refractivity contribution in [3.8, 4) is 5.75 Å². The number of aliphatic carboxylic acids is 1. The number of hydrogen-bond donors (Lipinski definition) is 3. The van der Waals surface area contributed by atoms with Crippen molar-refractivity contribution in [1.29, 1.82) is 0 Å². The minimum atomic E-state index is -0.785. The molecular weight excluding hydrogens is 258 g/mol. The Morgan fingerprint density at radius 1 is 1.30 bits per heavy atom. The van der Waals surface area contributed by atoms with Crippen LogP contribution in [0.2, 0.25) is 0 Å². The number of aromatic hydroxyl groups is 1. The maximum absolute atomic E-state index is 11.8. The van der Waals surface area contributed by atoms with Crippen LogP contribution in [-0.4, -0.2) is 28.6 Å². The predicted octanol–water partition coefficient (Wildman–Crippen LogP) is 2.40. The molecule has 0 aromatic heterocycles. The van der Waals surface area contributed by atoms with E-state index < -0.39 is 5.97 Å². The van der Waals surface area contributed by atoms with Crippen LogP contribution in [0.1, 0.15) is 43.0 Å². The molecule has 0 fully saturated rings. The third kappa shape index (κ3) is 5.73. The molecule has 1 aromatic carbocycles. The Morgan fingerprint density at radius 2 is 2.05 bits per heavy atom. The van der Waals surface area contributed by atoms with Crippen LogP contribution in [0.5, 0.6) is 5.75 Å². The van der Waals surface area contributed by atoms with Crippen molar-refractivity contribution in [3.63, 3.8) is 0 Å². The van der Waals surface area contributed by atoms with Gasteiger partial charge >= 0.3 is 5.97 Å². The molecule has 0 saturated heterocycles. The number of carboxylic acid groups (broad SMARTS) is 1. The second-order valence-electron chi connectivity index (χ2n) is 4.80. The van der Waals surface area contributed by atoms with Gasteiger partial charge in [-0.2, -0.15) is 0 Å². The lowest BCUT2D eigenvalue weighted by atomic mass is 9.96. The van der Waals surface area contributed by atoms with Crippen LogP contribution < -0.4 is 5.32 Å². The van der Waals surface area contributed by atoms with Gasteiger partial charge in [0, 0.05) is 18.5 Å². The Kier molecular flexibility index (Phi) is 6.56. The highest BCUT2D eigenvalue weighted by Gasteiger charge is 2.10. The minimum absolute atomic E-state index is 0.0607. The smallest absolute Gasteiger partial charge is 0.303 e. The third-order valence-corrected chi connectivity index (χ3v) is 3.29. The van der Waals surface area contributed by atoms with Gasteiger partial charge in [0.1, 0.15) is 5.75 Å². The van der Waals surface area contributed by atoms with Crippen molar-refractivity contribution < 1.29 is 19.8 Å². The topological polar surface area (TPSA) is 86.6 Å². The Morgan fingerprint density at radius 3 is 2.65 bits per heavy atom. The Balaban J connectivity index is 2.35. The van der Waals surface area contributed by atoms with Crippen molar-refractivity contribution in [3.05, 3.63) is 29.8 Å². The van der Waals surface area contributed by atoms with E-state index in [9.17, 15) is 14.7 Å². The molecule has 0 spiro atoms. The molecule has 5 heteroatoms. The summed E-state index contributed by atoms with van der Waals surface area (Å²) in [6.07, 6.45) is 2.45. The van der Waals surface area contributed by atoms with E-state index in [1.54, 1.807) is 12.1 Å². The van der Waals surface area contributed by atoms with E-state index in [1.807, 2.05) is 6.92 Å². The van der Waals surface area contributed by atoms with Crippen LogP contribution in [0.25, 0.3) is 0 Å². The highest BCUT2D eigenvalue weighted by Crippen LogP contribution is 2.15. The number of phenols is 1. The third-order valence-electron chi connectivity index (χ3n) is 3.29. The number of nitrogens with one attached hydrogen (secondary N) is 1. The molecule has 0 heterocycles.